The first kappa shape index (κ1) is 10.6. The van der Waals surface area contributed by atoms with Crippen LogP contribution in [0, 0.1) is 17.2 Å². The molecule has 1 atom stereocenters. The van der Waals surface area contributed by atoms with Gasteiger partial charge in [-0.3, -0.25) is 0 Å². The maximum Gasteiger partial charge on any atom is 0.0991 e. The van der Waals surface area contributed by atoms with E-state index in [9.17, 15) is 0 Å². The number of anilines is 1. The van der Waals surface area contributed by atoms with E-state index >= 15 is 0 Å². The van der Waals surface area contributed by atoms with E-state index in [0.717, 1.165) is 5.56 Å². The Morgan fingerprint density at radius 3 is 2.50 bits per heavy atom. The molecule has 74 valence electrons. The SMILES string of the molecule is CC(C)C(N)c1cc(C#N)ccc1N. The molecule has 1 rings (SSSR count). The van der Waals surface area contributed by atoms with Crippen LogP contribution in [0.5, 0.6) is 0 Å². The van der Waals surface area contributed by atoms with Gasteiger partial charge in [-0.1, -0.05) is 13.8 Å². The summed E-state index contributed by atoms with van der Waals surface area (Å²) in [6.07, 6.45) is 0. The van der Waals surface area contributed by atoms with Crippen LogP contribution in [-0.2, 0) is 0 Å². The Balaban J connectivity index is 3.13. The molecule has 4 N–H and O–H groups in total. The number of nitrogens with zero attached hydrogens (tertiary/aromatic N) is 1. The minimum atomic E-state index is -0.108. The zero-order chi connectivity index (χ0) is 10.7. The number of hydrogen-bond acceptors (Lipinski definition) is 3. The van der Waals surface area contributed by atoms with Crippen LogP contribution in [-0.4, -0.2) is 0 Å². The average molecular weight is 189 g/mol. The van der Waals surface area contributed by atoms with Crippen molar-refractivity contribution in [2.75, 3.05) is 5.73 Å². The van der Waals surface area contributed by atoms with Gasteiger partial charge in [-0.05, 0) is 29.7 Å². The van der Waals surface area contributed by atoms with Crippen molar-refractivity contribution in [1.29, 1.82) is 5.26 Å². The van der Waals surface area contributed by atoms with Crippen molar-refractivity contribution in [3.05, 3.63) is 29.3 Å². The summed E-state index contributed by atoms with van der Waals surface area (Å²) < 4.78 is 0. The molecular weight excluding hydrogens is 174 g/mol. The zero-order valence-electron chi connectivity index (χ0n) is 8.49. The lowest BCUT2D eigenvalue weighted by Crippen LogP contribution is -2.18. The fourth-order valence-electron chi connectivity index (χ4n) is 1.29. The van der Waals surface area contributed by atoms with Crippen molar-refractivity contribution in [3.8, 4) is 6.07 Å². The lowest BCUT2D eigenvalue weighted by Gasteiger charge is -2.18. The third-order valence-corrected chi connectivity index (χ3v) is 2.29. The molecule has 0 saturated carbocycles. The highest BCUT2D eigenvalue weighted by atomic mass is 14.7. The van der Waals surface area contributed by atoms with Crippen molar-refractivity contribution < 1.29 is 0 Å². The molecule has 3 nitrogen and oxygen atoms in total. The third-order valence-electron chi connectivity index (χ3n) is 2.29. The largest absolute Gasteiger partial charge is 0.398 e. The monoisotopic (exact) mass is 189 g/mol. The van der Waals surface area contributed by atoms with Crippen LogP contribution >= 0.6 is 0 Å². The quantitative estimate of drug-likeness (QED) is 0.696. The predicted molar refractivity (Wildman–Crippen MR) is 57.3 cm³/mol. The molecule has 0 bridgehead atoms. The van der Waals surface area contributed by atoms with Gasteiger partial charge in [0, 0.05) is 11.7 Å². The van der Waals surface area contributed by atoms with Gasteiger partial charge in [0.15, 0.2) is 0 Å². The Bertz CT molecular complexity index is 363. The topological polar surface area (TPSA) is 75.8 Å². The van der Waals surface area contributed by atoms with Crippen molar-refractivity contribution in [2.24, 2.45) is 11.7 Å². The van der Waals surface area contributed by atoms with Crippen LogP contribution in [0.25, 0.3) is 0 Å². The summed E-state index contributed by atoms with van der Waals surface area (Å²) in [5.74, 6) is 0.311. The molecule has 0 aliphatic rings. The molecule has 1 unspecified atom stereocenters. The van der Waals surface area contributed by atoms with Gasteiger partial charge >= 0.3 is 0 Å². The Morgan fingerprint density at radius 1 is 1.36 bits per heavy atom. The molecule has 0 saturated heterocycles. The first-order chi connectivity index (χ1) is 6.56. The zero-order valence-corrected chi connectivity index (χ0v) is 8.49. The summed E-state index contributed by atoms with van der Waals surface area (Å²) in [6, 6.07) is 7.17. The van der Waals surface area contributed by atoms with E-state index in [-0.39, 0.29) is 6.04 Å². The Morgan fingerprint density at radius 2 is 2.00 bits per heavy atom. The summed E-state index contributed by atoms with van der Waals surface area (Å²) in [5.41, 5.74) is 13.9. The van der Waals surface area contributed by atoms with Gasteiger partial charge in [0.05, 0.1) is 11.6 Å². The van der Waals surface area contributed by atoms with Crippen LogP contribution in [0.4, 0.5) is 5.69 Å². The average Bonchev–Trinajstić information content (AvgIpc) is 2.17. The normalized spacial score (nSPS) is 12.5. The Labute approximate surface area is 84.3 Å². The van der Waals surface area contributed by atoms with Crippen LogP contribution in [0.1, 0.15) is 31.0 Å². The van der Waals surface area contributed by atoms with Crippen molar-refractivity contribution in [1.82, 2.24) is 0 Å². The molecule has 0 aliphatic carbocycles. The number of hydrogen-bond donors (Lipinski definition) is 2. The van der Waals surface area contributed by atoms with Crippen LogP contribution in [0.2, 0.25) is 0 Å². The second kappa shape index (κ2) is 4.12. The summed E-state index contributed by atoms with van der Waals surface area (Å²) in [6.45, 7) is 4.06. The van der Waals surface area contributed by atoms with Gasteiger partial charge in [-0.25, -0.2) is 0 Å². The van der Waals surface area contributed by atoms with E-state index in [1.54, 1.807) is 18.2 Å². The van der Waals surface area contributed by atoms with Gasteiger partial charge in [-0.2, -0.15) is 5.26 Å². The first-order valence-electron chi connectivity index (χ1n) is 4.61. The van der Waals surface area contributed by atoms with Crippen LogP contribution in [0.3, 0.4) is 0 Å². The standard InChI is InChI=1S/C11H15N3/c1-7(2)11(14)9-5-8(6-12)3-4-10(9)13/h3-5,7,11H,13-14H2,1-2H3. The predicted octanol–water partition coefficient (Wildman–Crippen LogP) is 1.80. The summed E-state index contributed by atoms with van der Waals surface area (Å²) in [4.78, 5) is 0. The van der Waals surface area contributed by atoms with Gasteiger partial charge < -0.3 is 11.5 Å². The van der Waals surface area contributed by atoms with E-state index in [0.29, 0.717) is 17.2 Å². The second-order valence-corrected chi connectivity index (χ2v) is 3.73. The molecule has 14 heavy (non-hydrogen) atoms. The Kier molecular flexibility index (Phi) is 3.10. The van der Waals surface area contributed by atoms with Crippen LogP contribution in [0.15, 0.2) is 18.2 Å². The third kappa shape index (κ3) is 2.04. The highest BCUT2D eigenvalue weighted by molar-refractivity contribution is 5.52. The van der Waals surface area contributed by atoms with Crippen molar-refractivity contribution in [3.63, 3.8) is 0 Å². The maximum absolute atomic E-state index is 8.74. The number of nitrogen functional groups attached to an aromatic ring is 1. The van der Waals surface area contributed by atoms with E-state index in [4.69, 9.17) is 16.7 Å². The van der Waals surface area contributed by atoms with E-state index in [2.05, 4.69) is 6.07 Å². The molecule has 0 radical (unpaired) electrons. The van der Waals surface area contributed by atoms with Crippen LogP contribution < -0.4 is 11.5 Å². The highest BCUT2D eigenvalue weighted by Crippen LogP contribution is 2.25. The first-order valence-corrected chi connectivity index (χ1v) is 4.61. The lowest BCUT2D eigenvalue weighted by atomic mass is 9.94. The highest BCUT2D eigenvalue weighted by Gasteiger charge is 2.13. The molecule has 0 aliphatic heterocycles. The minimum absolute atomic E-state index is 0.108. The summed E-state index contributed by atoms with van der Waals surface area (Å²) in [7, 11) is 0. The minimum Gasteiger partial charge on any atom is -0.398 e. The molecule has 0 aromatic heterocycles. The smallest absolute Gasteiger partial charge is 0.0991 e. The summed E-state index contributed by atoms with van der Waals surface area (Å²) in [5, 5.41) is 8.74. The van der Waals surface area contributed by atoms with E-state index in [1.807, 2.05) is 13.8 Å². The molecule has 0 fully saturated rings. The van der Waals surface area contributed by atoms with E-state index < -0.39 is 0 Å². The van der Waals surface area contributed by atoms with Crippen molar-refractivity contribution >= 4 is 5.69 Å². The molecule has 0 amide bonds. The van der Waals surface area contributed by atoms with E-state index in [1.165, 1.54) is 0 Å². The molecule has 0 spiro atoms. The second-order valence-electron chi connectivity index (χ2n) is 3.73. The fourth-order valence-corrected chi connectivity index (χ4v) is 1.29. The van der Waals surface area contributed by atoms with Gasteiger partial charge in [0.1, 0.15) is 0 Å². The van der Waals surface area contributed by atoms with Crippen molar-refractivity contribution in [2.45, 2.75) is 19.9 Å². The fraction of sp³-hybridized carbons (Fsp3) is 0.364. The lowest BCUT2D eigenvalue weighted by molar-refractivity contribution is 0.515. The molecule has 0 heterocycles. The number of benzene rings is 1. The molecule has 1 aromatic carbocycles. The maximum atomic E-state index is 8.74. The van der Waals surface area contributed by atoms with Gasteiger partial charge in [0.2, 0.25) is 0 Å². The number of rotatable bonds is 2. The molecule has 1 aromatic rings. The van der Waals surface area contributed by atoms with Gasteiger partial charge in [-0.15, -0.1) is 0 Å². The number of nitrogens with two attached hydrogens (primary N) is 2. The Hall–Kier alpha value is -1.53. The number of nitriles is 1. The molecule has 3 heteroatoms. The summed E-state index contributed by atoms with van der Waals surface area (Å²) >= 11 is 0. The van der Waals surface area contributed by atoms with Gasteiger partial charge in [0.25, 0.3) is 0 Å². The molecular formula is C11H15N3.